The number of nitrogens with zero attached hydrogens (tertiary/aromatic N) is 1. The van der Waals surface area contributed by atoms with Gasteiger partial charge in [-0.15, -0.1) is 0 Å². The minimum absolute atomic E-state index is 0.174. The summed E-state index contributed by atoms with van der Waals surface area (Å²) in [4.78, 5) is 13.1. The van der Waals surface area contributed by atoms with Gasteiger partial charge in [-0.25, -0.2) is 0 Å². The second-order valence-electron chi connectivity index (χ2n) is 3.78. The Morgan fingerprint density at radius 2 is 1.65 bits per heavy atom. The van der Waals surface area contributed by atoms with Crippen molar-refractivity contribution in [3.05, 3.63) is 0 Å². The van der Waals surface area contributed by atoms with Crippen LogP contribution in [0.3, 0.4) is 0 Å². The van der Waals surface area contributed by atoms with Crippen LogP contribution in [-0.2, 0) is 19.0 Å². The Morgan fingerprint density at radius 3 is 2.24 bits per heavy atom. The molecule has 0 heterocycles. The Morgan fingerprint density at radius 1 is 1.06 bits per heavy atom. The molecule has 0 fully saturated rings. The normalized spacial score (nSPS) is 10.5. The van der Waals surface area contributed by atoms with Gasteiger partial charge in [0, 0.05) is 27.1 Å². The fraction of sp³-hybridized carbons (Fsp3) is 0.917. The minimum Gasteiger partial charge on any atom is -0.382 e. The minimum atomic E-state index is 0.174. The quantitative estimate of drug-likeness (QED) is 0.510. The summed E-state index contributed by atoms with van der Waals surface area (Å²) in [6.45, 7) is 5.51. The zero-order valence-corrected chi connectivity index (χ0v) is 11.2. The summed E-state index contributed by atoms with van der Waals surface area (Å²) in [5.41, 5.74) is 0. The van der Waals surface area contributed by atoms with Gasteiger partial charge in [0.05, 0.1) is 33.0 Å². The molecule has 0 bridgehead atoms. The molecule has 0 saturated heterocycles. The van der Waals surface area contributed by atoms with E-state index in [0.29, 0.717) is 46.0 Å². The zero-order valence-electron chi connectivity index (χ0n) is 11.2. The summed E-state index contributed by atoms with van der Waals surface area (Å²) >= 11 is 0. The van der Waals surface area contributed by atoms with Crippen molar-refractivity contribution < 1.29 is 19.0 Å². The van der Waals surface area contributed by atoms with E-state index in [0.717, 1.165) is 6.42 Å². The third-order valence-electron chi connectivity index (χ3n) is 2.26. The van der Waals surface area contributed by atoms with E-state index < -0.39 is 0 Å². The number of carbonyl (C=O) groups excluding carboxylic acids is 1. The number of amides is 1. The lowest BCUT2D eigenvalue weighted by Gasteiger charge is -2.16. The fourth-order valence-electron chi connectivity index (χ4n) is 1.20. The molecule has 0 aromatic carbocycles. The largest absolute Gasteiger partial charge is 0.382 e. The Hall–Kier alpha value is -0.650. The van der Waals surface area contributed by atoms with Gasteiger partial charge in [0.2, 0.25) is 5.91 Å². The predicted octanol–water partition coefficient (Wildman–Crippen LogP) is 0.925. The predicted molar refractivity (Wildman–Crippen MR) is 66.1 cm³/mol. The van der Waals surface area contributed by atoms with Crippen LogP contribution in [0.15, 0.2) is 0 Å². The van der Waals surface area contributed by atoms with Crippen molar-refractivity contribution >= 4 is 5.91 Å². The highest BCUT2D eigenvalue weighted by Gasteiger charge is 2.05. The molecule has 0 unspecified atom stereocenters. The first-order valence-corrected chi connectivity index (χ1v) is 6.10. The second-order valence-corrected chi connectivity index (χ2v) is 3.78. The van der Waals surface area contributed by atoms with E-state index in [1.165, 1.54) is 0 Å². The molecule has 0 N–H and O–H groups in total. The molecule has 0 radical (unpaired) electrons. The van der Waals surface area contributed by atoms with Gasteiger partial charge in [-0.1, -0.05) is 6.92 Å². The second kappa shape index (κ2) is 11.8. The molecule has 0 atom stereocenters. The number of carbonyl (C=O) groups is 1. The number of hydrogen-bond acceptors (Lipinski definition) is 4. The van der Waals surface area contributed by atoms with E-state index in [-0.39, 0.29) is 5.91 Å². The first-order chi connectivity index (χ1) is 8.22. The van der Waals surface area contributed by atoms with E-state index in [4.69, 9.17) is 14.2 Å². The van der Waals surface area contributed by atoms with Gasteiger partial charge in [0.25, 0.3) is 0 Å². The lowest BCUT2D eigenvalue weighted by molar-refractivity contribution is -0.130. The number of hydrogen-bond donors (Lipinski definition) is 0. The lowest BCUT2D eigenvalue weighted by atomic mass is 10.3. The van der Waals surface area contributed by atoms with Crippen LogP contribution in [-0.4, -0.2) is 64.5 Å². The van der Waals surface area contributed by atoms with E-state index in [2.05, 4.69) is 0 Å². The average molecular weight is 247 g/mol. The molecule has 0 rings (SSSR count). The van der Waals surface area contributed by atoms with Crippen LogP contribution in [0.2, 0.25) is 0 Å². The molecule has 5 heteroatoms. The van der Waals surface area contributed by atoms with E-state index in [1.54, 1.807) is 19.1 Å². The molecule has 0 saturated carbocycles. The van der Waals surface area contributed by atoms with Gasteiger partial charge in [0.1, 0.15) is 0 Å². The van der Waals surface area contributed by atoms with E-state index in [1.807, 2.05) is 6.92 Å². The highest BCUT2D eigenvalue weighted by Crippen LogP contribution is 1.94. The number of likely N-dealkylation sites (N-methyl/N-ethyl adjacent to an activating group) is 1. The number of rotatable bonds is 11. The number of methoxy groups -OCH3 is 1. The van der Waals surface area contributed by atoms with E-state index >= 15 is 0 Å². The van der Waals surface area contributed by atoms with Crippen molar-refractivity contribution in [2.45, 2.75) is 19.8 Å². The van der Waals surface area contributed by atoms with Crippen LogP contribution in [0.1, 0.15) is 19.8 Å². The van der Waals surface area contributed by atoms with Gasteiger partial charge >= 0.3 is 0 Å². The third kappa shape index (κ3) is 10.2. The molecule has 0 aliphatic carbocycles. The van der Waals surface area contributed by atoms with Crippen molar-refractivity contribution in [1.82, 2.24) is 4.90 Å². The first kappa shape index (κ1) is 16.4. The van der Waals surface area contributed by atoms with Crippen LogP contribution in [0.25, 0.3) is 0 Å². The van der Waals surface area contributed by atoms with Crippen molar-refractivity contribution in [3.63, 3.8) is 0 Å². The van der Waals surface area contributed by atoms with Crippen molar-refractivity contribution in [2.75, 3.05) is 53.7 Å². The van der Waals surface area contributed by atoms with Crippen LogP contribution < -0.4 is 0 Å². The SMILES string of the molecule is CCCC(=O)N(C)CCOCCOCCOC. The average Bonchev–Trinajstić information content (AvgIpc) is 2.32. The van der Waals surface area contributed by atoms with E-state index in [9.17, 15) is 4.79 Å². The standard InChI is InChI=1S/C12H25NO4/c1-4-5-12(14)13(2)6-7-16-10-11-17-9-8-15-3/h4-11H2,1-3H3. The van der Waals surface area contributed by atoms with Gasteiger partial charge in [-0.2, -0.15) is 0 Å². The molecule has 0 aromatic heterocycles. The molecule has 5 nitrogen and oxygen atoms in total. The maximum atomic E-state index is 11.4. The van der Waals surface area contributed by atoms with Crippen LogP contribution in [0, 0.1) is 0 Å². The molecular formula is C12H25NO4. The summed E-state index contributed by atoms with van der Waals surface area (Å²) in [6, 6.07) is 0. The van der Waals surface area contributed by atoms with Crippen molar-refractivity contribution in [3.8, 4) is 0 Å². The summed E-state index contributed by atoms with van der Waals surface area (Å²) in [5.74, 6) is 0.174. The van der Waals surface area contributed by atoms with Gasteiger partial charge in [-0.3, -0.25) is 4.79 Å². The zero-order chi connectivity index (χ0) is 12.9. The van der Waals surface area contributed by atoms with Gasteiger partial charge in [-0.05, 0) is 6.42 Å². The summed E-state index contributed by atoms with van der Waals surface area (Å²) in [7, 11) is 3.44. The molecule has 0 aliphatic heterocycles. The molecule has 17 heavy (non-hydrogen) atoms. The fourth-order valence-corrected chi connectivity index (χ4v) is 1.20. The Balaban J connectivity index is 3.24. The maximum Gasteiger partial charge on any atom is 0.222 e. The van der Waals surface area contributed by atoms with Crippen LogP contribution in [0.4, 0.5) is 0 Å². The molecule has 0 aliphatic rings. The summed E-state index contributed by atoms with van der Waals surface area (Å²) in [6.07, 6.45) is 1.49. The molecule has 0 spiro atoms. The van der Waals surface area contributed by atoms with Gasteiger partial charge in [0.15, 0.2) is 0 Å². The molecule has 0 aromatic rings. The monoisotopic (exact) mass is 247 g/mol. The van der Waals surface area contributed by atoms with Crippen molar-refractivity contribution in [2.24, 2.45) is 0 Å². The highest BCUT2D eigenvalue weighted by molar-refractivity contribution is 5.75. The summed E-state index contributed by atoms with van der Waals surface area (Å²) in [5, 5.41) is 0. The molecule has 102 valence electrons. The Bertz CT molecular complexity index is 187. The third-order valence-corrected chi connectivity index (χ3v) is 2.26. The maximum absolute atomic E-state index is 11.4. The van der Waals surface area contributed by atoms with Crippen LogP contribution >= 0.6 is 0 Å². The topological polar surface area (TPSA) is 48.0 Å². The summed E-state index contributed by atoms with van der Waals surface area (Å²) < 4.78 is 15.4. The first-order valence-electron chi connectivity index (χ1n) is 6.10. The lowest BCUT2D eigenvalue weighted by Crippen LogP contribution is -2.30. The smallest absolute Gasteiger partial charge is 0.222 e. The van der Waals surface area contributed by atoms with Crippen LogP contribution in [0.5, 0.6) is 0 Å². The Labute approximate surface area is 104 Å². The number of ether oxygens (including phenoxy) is 3. The van der Waals surface area contributed by atoms with Crippen molar-refractivity contribution in [1.29, 1.82) is 0 Å². The van der Waals surface area contributed by atoms with Gasteiger partial charge < -0.3 is 19.1 Å². The molecular weight excluding hydrogens is 222 g/mol. The molecule has 1 amide bonds. The highest BCUT2D eigenvalue weighted by atomic mass is 16.5. The Kier molecular flexibility index (Phi) is 11.4.